The van der Waals surface area contributed by atoms with Crippen LogP contribution < -0.4 is 0 Å². The van der Waals surface area contributed by atoms with Crippen LogP contribution in [0.15, 0.2) is 48.6 Å². The first kappa shape index (κ1) is 21.1. The van der Waals surface area contributed by atoms with Crippen LogP contribution in [0.5, 0.6) is 0 Å². The predicted molar refractivity (Wildman–Crippen MR) is 112 cm³/mol. The molecule has 1 fully saturated rings. The summed E-state index contributed by atoms with van der Waals surface area (Å²) in [7, 11) is 0. The number of aromatic amines is 1. The highest BCUT2D eigenvalue weighted by Gasteiger charge is 2.31. The van der Waals surface area contributed by atoms with Gasteiger partial charge in [0.25, 0.3) is 0 Å². The highest BCUT2D eigenvalue weighted by molar-refractivity contribution is 5.83. The Balaban J connectivity index is 1.43. The van der Waals surface area contributed by atoms with E-state index in [1.54, 1.807) is 0 Å². The van der Waals surface area contributed by atoms with Crippen LogP contribution in [0.2, 0.25) is 0 Å². The standard InChI is InChI=1S/C23H30N4O2/c1-17-7-6-8-18(15-17)16-20(28)13-11-19-12-14-22(29)21(19)9-4-2-3-5-10-23-24-26-27-25-23/h2,4,6-8,11,13,15,19-21,28H,3,5,9-10,12,14,16H2,1H3,(H,24,25,26,27)/b4-2-,13-11?. The molecule has 0 amide bonds. The van der Waals surface area contributed by atoms with Crippen molar-refractivity contribution in [2.75, 3.05) is 0 Å². The number of nitrogens with one attached hydrogen (secondary N) is 1. The molecule has 2 aromatic rings. The second-order valence-electron chi connectivity index (χ2n) is 7.85. The highest BCUT2D eigenvalue weighted by atomic mass is 16.3. The van der Waals surface area contributed by atoms with Crippen molar-refractivity contribution in [3.8, 4) is 0 Å². The molecule has 1 aromatic heterocycles. The number of Topliss-reactive ketones (excluding diaryl/α,β-unsaturated/α-hetero) is 1. The summed E-state index contributed by atoms with van der Waals surface area (Å²) in [5.41, 5.74) is 2.33. The normalized spacial score (nSPS) is 20.8. The van der Waals surface area contributed by atoms with E-state index >= 15 is 0 Å². The van der Waals surface area contributed by atoms with Gasteiger partial charge in [-0.05, 0) is 44.1 Å². The number of carbonyl (C=O) groups excluding carboxylic acids is 1. The van der Waals surface area contributed by atoms with Crippen LogP contribution in [0.3, 0.4) is 0 Å². The van der Waals surface area contributed by atoms with Crippen LogP contribution in [0, 0.1) is 18.8 Å². The van der Waals surface area contributed by atoms with Gasteiger partial charge in [-0.15, -0.1) is 10.2 Å². The number of hydrogen-bond donors (Lipinski definition) is 2. The number of ketones is 1. The summed E-state index contributed by atoms with van der Waals surface area (Å²) >= 11 is 0. The maximum Gasteiger partial charge on any atom is 0.174 e. The minimum absolute atomic E-state index is 0.0332. The number of allylic oxidation sites excluding steroid dienone is 3. The summed E-state index contributed by atoms with van der Waals surface area (Å²) < 4.78 is 0. The van der Waals surface area contributed by atoms with Gasteiger partial charge in [0, 0.05) is 25.2 Å². The lowest BCUT2D eigenvalue weighted by molar-refractivity contribution is -0.120. The largest absolute Gasteiger partial charge is 0.389 e. The van der Waals surface area contributed by atoms with Crippen LogP contribution in [0.4, 0.5) is 0 Å². The van der Waals surface area contributed by atoms with Gasteiger partial charge in [-0.2, -0.15) is 5.21 Å². The molecule has 6 nitrogen and oxygen atoms in total. The summed E-state index contributed by atoms with van der Waals surface area (Å²) in [6.07, 6.45) is 13.2. The molecule has 3 atom stereocenters. The Labute approximate surface area is 172 Å². The van der Waals surface area contributed by atoms with Crippen molar-refractivity contribution in [1.82, 2.24) is 20.6 Å². The van der Waals surface area contributed by atoms with Crippen molar-refractivity contribution in [2.45, 2.75) is 58.0 Å². The number of aromatic nitrogens is 4. The quantitative estimate of drug-likeness (QED) is 0.475. The van der Waals surface area contributed by atoms with Crippen molar-refractivity contribution in [1.29, 1.82) is 0 Å². The molecule has 0 bridgehead atoms. The molecule has 1 aliphatic carbocycles. The van der Waals surface area contributed by atoms with Crippen LogP contribution in [-0.2, 0) is 17.6 Å². The van der Waals surface area contributed by atoms with Gasteiger partial charge in [0.15, 0.2) is 5.82 Å². The van der Waals surface area contributed by atoms with E-state index in [4.69, 9.17) is 0 Å². The summed E-state index contributed by atoms with van der Waals surface area (Å²) in [5, 5.41) is 24.2. The fraction of sp³-hybridized carbons (Fsp3) is 0.478. The van der Waals surface area contributed by atoms with Crippen molar-refractivity contribution in [2.24, 2.45) is 11.8 Å². The van der Waals surface area contributed by atoms with Gasteiger partial charge < -0.3 is 5.11 Å². The summed E-state index contributed by atoms with van der Waals surface area (Å²) in [6.45, 7) is 2.05. The Morgan fingerprint density at radius 1 is 1.34 bits per heavy atom. The Hall–Kier alpha value is -2.60. The van der Waals surface area contributed by atoms with Crippen molar-refractivity contribution >= 4 is 5.78 Å². The predicted octanol–water partition coefficient (Wildman–Crippen LogP) is 3.53. The third-order valence-corrected chi connectivity index (χ3v) is 5.48. The lowest BCUT2D eigenvalue weighted by Crippen LogP contribution is -2.13. The summed E-state index contributed by atoms with van der Waals surface area (Å²) in [5.74, 6) is 1.33. The first-order chi connectivity index (χ1) is 14.1. The van der Waals surface area contributed by atoms with Crippen molar-refractivity contribution < 1.29 is 9.90 Å². The molecule has 29 heavy (non-hydrogen) atoms. The molecule has 3 rings (SSSR count). The second kappa shape index (κ2) is 10.8. The molecule has 1 saturated carbocycles. The third kappa shape index (κ3) is 6.75. The zero-order valence-electron chi connectivity index (χ0n) is 17.0. The molecular weight excluding hydrogens is 364 g/mol. The van der Waals surface area contributed by atoms with E-state index in [0.717, 1.165) is 43.5 Å². The third-order valence-electron chi connectivity index (χ3n) is 5.48. The summed E-state index contributed by atoms with van der Waals surface area (Å²) in [4.78, 5) is 12.3. The number of carbonyl (C=O) groups is 1. The summed E-state index contributed by atoms with van der Waals surface area (Å²) in [6, 6.07) is 8.21. The smallest absolute Gasteiger partial charge is 0.174 e. The van der Waals surface area contributed by atoms with E-state index in [1.807, 2.05) is 18.2 Å². The lowest BCUT2D eigenvalue weighted by atomic mass is 9.91. The molecule has 6 heteroatoms. The first-order valence-electron chi connectivity index (χ1n) is 10.4. The van der Waals surface area contributed by atoms with Gasteiger partial charge >= 0.3 is 0 Å². The van der Waals surface area contributed by atoms with E-state index in [-0.39, 0.29) is 11.8 Å². The number of aliphatic hydroxyl groups is 1. The van der Waals surface area contributed by atoms with Gasteiger partial charge in [-0.3, -0.25) is 4.79 Å². The fourth-order valence-corrected chi connectivity index (χ4v) is 3.92. The maximum absolute atomic E-state index is 12.3. The van der Waals surface area contributed by atoms with E-state index in [9.17, 15) is 9.90 Å². The lowest BCUT2D eigenvalue weighted by Gasteiger charge is -2.14. The van der Waals surface area contributed by atoms with Crippen LogP contribution in [-0.4, -0.2) is 37.6 Å². The van der Waals surface area contributed by atoms with Crippen molar-refractivity contribution in [3.63, 3.8) is 0 Å². The number of aryl methyl sites for hydroxylation is 2. The van der Waals surface area contributed by atoms with E-state index in [1.165, 1.54) is 5.56 Å². The Morgan fingerprint density at radius 3 is 3.03 bits per heavy atom. The molecule has 1 aromatic carbocycles. The minimum atomic E-state index is -0.520. The Kier molecular flexibility index (Phi) is 7.87. The number of tetrazole rings is 1. The molecule has 2 N–H and O–H groups in total. The fourth-order valence-electron chi connectivity index (χ4n) is 3.92. The van der Waals surface area contributed by atoms with Crippen molar-refractivity contribution in [3.05, 3.63) is 65.5 Å². The molecule has 0 aliphatic heterocycles. The first-order valence-corrected chi connectivity index (χ1v) is 10.4. The van der Waals surface area contributed by atoms with Gasteiger partial charge in [0.1, 0.15) is 5.78 Å². The molecule has 1 aliphatic rings. The average Bonchev–Trinajstić information content (AvgIpc) is 3.33. The topological polar surface area (TPSA) is 91.8 Å². The van der Waals surface area contributed by atoms with Gasteiger partial charge in [-0.1, -0.05) is 59.3 Å². The van der Waals surface area contributed by atoms with Crippen LogP contribution in [0.25, 0.3) is 0 Å². The van der Waals surface area contributed by atoms with Crippen LogP contribution >= 0.6 is 0 Å². The molecule has 1 heterocycles. The van der Waals surface area contributed by atoms with E-state index in [0.29, 0.717) is 18.6 Å². The minimum Gasteiger partial charge on any atom is -0.389 e. The van der Waals surface area contributed by atoms with E-state index < -0.39 is 6.10 Å². The van der Waals surface area contributed by atoms with E-state index in [2.05, 4.69) is 57.9 Å². The SMILES string of the molecule is Cc1cccc(CC(O)C=CC2CCC(=O)C2C/C=C\CCCc2nn[nH]n2)c1. The molecule has 154 valence electrons. The second-order valence-corrected chi connectivity index (χ2v) is 7.85. The molecule has 0 spiro atoms. The Morgan fingerprint density at radius 2 is 2.24 bits per heavy atom. The monoisotopic (exact) mass is 394 g/mol. The van der Waals surface area contributed by atoms with Gasteiger partial charge in [0.2, 0.25) is 0 Å². The molecular formula is C23H30N4O2. The maximum atomic E-state index is 12.3. The molecule has 3 unspecified atom stereocenters. The average molecular weight is 395 g/mol. The number of rotatable bonds is 10. The number of hydrogen-bond acceptors (Lipinski definition) is 5. The van der Waals surface area contributed by atoms with Gasteiger partial charge in [0.05, 0.1) is 6.10 Å². The number of nitrogens with zero attached hydrogens (tertiary/aromatic N) is 3. The Bertz CT molecular complexity index is 829. The van der Waals surface area contributed by atoms with Crippen LogP contribution in [0.1, 0.15) is 49.1 Å². The number of benzene rings is 1. The number of H-pyrrole nitrogens is 1. The number of unbranched alkanes of at least 4 members (excludes halogenated alkanes) is 1. The molecule has 0 saturated heterocycles. The zero-order valence-corrected chi connectivity index (χ0v) is 17.0. The molecule has 0 radical (unpaired) electrons. The number of aliphatic hydroxyl groups excluding tert-OH is 1. The zero-order chi connectivity index (χ0) is 20.5. The van der Waals surface area contributed by atoms with Gasteiger partial charge in [-0.25, -0.2) is 0 Å². The highest BCUT2D eigenvalue weighted by Crippen LogP contribution is 2.33.